The van der Waals surface area contributed by atoms with Crippen molar-refractivity contribution in [1.29, 1.82) is 0 Å². The lowest BCUT2D eigenvalue weighted by Gasteiger charge is -2.10. The van der Waals surface area contributed by atoms with Gasteiger partial charge in [-0.3, -0.25) is 19.9 Å². The van der Waals surface area contributed by atoms with Gasteiger partial charge in [0.05, 0.1) is 21.4 Å². The van der Waals surface area contributed by atoms with Crippen molar-refractivity contribution in [3.8, 4) is 0 Å². The SMILES string of the molecule is C=CCS(=O)c1ccccc1NNC(C)=O. The van der Waals surface area contributed by atoms with E-state index in [2.05, 4.69) is 17.4 Å². The molecule has 5 heteroatoms. The van der Waals surface area contributed by atoms with Gasteiger partial charge in [-0.15, -0.1) is 6.58 Å². The maximum absolute atomic E-state index is 11.8. The van der Waals surface area contributed by atoms with E-state index in [-0.39, 0.29) is 5.91 Å². The Balaban J connectivity index is 2.86. The van der Waals surface area contributed by atoms with Gasteiger partial charge in [0.25, 0.3) is 0 Å². The minimum atomic E-state index is -1.14. The third kappa shape index (κ3) is 3.51. The number of hydrogen-bond acceptors (Lipinski definition) is 3. The summed E-state index contributed by atoms with van der Waals surface area (Å²) in [6.07, 6.45) is 1.60. The molecule has 0 aromatic heterocycles. The molecule has 0 radical (unpaired) electrons. The standard InChI is InChI=1S/C11H14N2O2S/c1-3-8-16(15)11-7-5-4-6-10(11)13-12-9(2)14/h3-7,13H,1,8H2,2H3,(H,12,14). The molecule has 0 spiro atoms. The van der Waals surface area contributed by atoms with E-state index in [0.717, 1.165) is 0 Å². The van der Waals surface area contributed by atoms with Crippen molar-refractivity contribution in [2.24, 2.45) is 0 Å². The van der Waals surface area contributed by atoms with Crippen molar-refractivity contribution < 1.29 is 9.00 Å². The van der Waals surface area contributed by atoms with E-state index in [1.54, 1.807) is 30.3 Å². The van der Waals surface area contributed by atoms with Gasteiger partial charge in [-0.25, -0.2) is 0 Å². The lowest BCUT2D eigenvalue weighted by Crippen LogP contribution is -2.27. The molecule has 0 aliphatic heterocycles. The van der Waals surface area contributed by atoms with E-state index in [0.29, 0.717) is 16.3 Å². The Bertz CT molecular complexity index is 418. The molecule has 16 heavy (non-hydrogen) atoms. The summed E-state index contributed by atoms with van der Waals surface area (Å²) in [5, 5.41) is 0. The highest BCUT2D eigenvalue weighted by atomic mass is 32.2. The second-order valence-electron chi connectivity index (χ2n) is 3.10. The number of amides is 1. The fraction of sp³-hybridized carbons (Fsp3) is 0.182. The third-order valence-electron chi connectivity index (χ3n) is 1.77. The van der Waals surface area contributed by atoms with Gasteiger partial charge < -0.3 is 0 Å². The van der Waals surface area contributed by atoms with Crippen molar-refractivity contribution in [3.05, 3.63) is 36.9 Å². The van der Waals surface area contributed by atoms with E-state index in [1.807, 2.05) is 0 Å². The number of hydrazine groups is 1. The number of hydrogen-bond donors (Lipinski definition) is 2. The lowest BCUT2D eigenvalue weighted by atomic mass is 10.3. The van der Waals surface area contributed by atoms with Gasteiger partial charge in [-0.05, 0) is 12.1 Å². The first kappa shape index (κ1) is 12.4. The van der Waals surface area contributed by atoms with E-state index in [9.17, 15) is 9.00 Å². The van der Waals surface area contributed by atoms with Crippen LogP contribution in [0.4, 0.5) is 5.69 Å². The Morgan fingerprint density at radius 3 is 2.81 bits per heavy atom. The molecule has 0 aliphatic rings. The second kappa shape index (κ2) is 6.07. The summed E-state index contributed by atoms with van der Waals surface area (Å²) in [7, 11) is -1.14. The number of carbonyl (C=O) groups excluding carboxylic acids is 1. The van der Waals surface area contributed by atoms with Crippen molar-refractivity contribution >= 4 is 22.4 Å². The van der Waals surface area contributed by atoms with E-state index in [1.165, 1.54) is 6.92 Å². The number of para-hydroxylation sites is 1. The summed E-state index contributed by atoms with van der Waals surface area (Å²) in [5.41, 5.74) is 5.81. The lowest BCUT2D eigenvalue weighted by molar-refractivity contribution is -0.118. The number of anilines is 1. The van der Waals surface area contributed by atoms with Crippen molar-refractivity contribution in [2.75, 3.05) is 11.2 Å². The molecule has 0 fully saturated rings. The highest BCUT2D eigenvalue weighted by molar-refractivity contribution is 7.85. The van der Waals surface area contributed by atoms with Crippen LogP contribution in [0.1, 0.15) is 6.92 Å². The van der Waals surface area contributed by atoms with Crippen molar-refractivity contribution in [3.63, 3.8) is 0 Å². The topological polar surface area (TPSA) is 58.2 Å². The van der Waals surface area contributed by atoms with Crippen LogP contribution >= 0.6 is 0 Å². The molecule has 0 heterocycles. The van der Waals surface area contributed by atoms with Gasteiger partial charge in [-0.2, -0.15) is 0 Å². The molecular formula is C11H14N2O2S. The number of benzene rings is 1. The van der Waals surface area contributed by atoms with Crippen LogP contribution in [0.5, 0.6) is 0 Å². The molecule has 1 aromatic carbocycles. The Hall–Kier alpha value is -1.62. The largest absolute Gasteiger partial charge is 0.297 e. The molecule has 86 valence electrons. The molecule has 4 nitrogen and oxygen atoms in total. The van der Waals surface area contributed by atoms with Crippen LogP contribution in [0.25, 0.3) is 0 Å². The van der Waals surface area contributed by atoms with E-state index in [4.69, 9.17) is 0 Å². The van der Waals surface area contributed by atoms with Crippen molar-refractivity contribution in [2.45, 2.75) is 11.8 Å². The Labute approximate surface area is 97.2 Å². The summed E-state index contributed by atoms with van der Waals surface area (Å²) < 4.78 is 11.8. The van der Waals surface area contributed by atoms with Gasteiger partial charge in [-0.1, -0.05) is 18.2 Å². The molecule has 1 unspecified atom stereocenters. The quantitative estimate of drug-likeness (QED) is 0.603. The molecule has 0 bridgehead atoms. The van der Waals surface area contributed by atoms with Gasteiger partial charge in [0.15, 0.2) is 0 Å². The molecule has 1 rings (SSSR count). The average Bonchev–Trinajstić information content (AvgIpc) is 2.27. The van der Waals surface area contributed by atoms with Gasteiger partial charge in [0.1, 0.15) is 0 Å². The molecule has 0 saturated carbocycles. The first-order valence-electron chi connectivity index (χ1n) is 4.76. The van der Waals surface area contributed by atoms with Crippen LogP contribution in [-0.2, 0) is 15.6 Å². The first-order chi connectivity index (χ1) is 7.65. The normalized spacial score (nSPS) is 11.6. The average molecular weight is 238 g/mol. The molecular weight excluding hydrogens is 224 g/mol. The summed E-state index contributed by atoms with van der Waals surface area (Å²) >= 11 is 0. The molecule has 0 saturated heterocycles. The zero-order valence-corrected chi connectivity index (χ0v) is 9.84. The zero-order valence-electron chi connectivity index (χ0n) is 9.03. The van der Waals surface area contributed by atoms with Gasteiger partial charge >= 0.3 is 0 Å². The zero-order chi connectivity index (χ0) is 12.0. The Morgan fingerprint density at radius 2 is 2.19 bits per heavy atom. The fourth-order valence-electron chi connectivity index (χ4n) is 1.12. The van der Waals surface area contributed by atoms with Crippen LogP contribution in [-0.4, -0.2) is 15.9 Å². The monoisotopic (exact) mass is 238 g/mol. The second-order valence-corrected chi connectivity index (χ2v) is 4.57. The predicted molar refractivity (Wildman–Crippen MR) is 65.4 cm³/mol. The van der Waals surface area contributed by atoms with Crippen LogP contribution in [0, 0.1) is 0 Å². The minimum absolute atomic E-state index is 0.204. The minimum Gasteiger partial charge on any atom is -0.297 e. The third-order valence-corrected chi connectivity index (χ3v) is 3.16. The number of nitrogens with one attached hydrogen (secondary N) is 2. The smallest absolute Gasteiger partial charge is 0.235 e. The Morgan fingerprint density at radius 1 is 1.50 bits per heavy atom. The highest BCUT2D eigenvalue weighted by Crippen LogP contribution is 2.18. The highest BCUT2D eigenvalue weighted by Gasteiger charge is 2.07. The van der Waals surface area contributed by atoms with Gasteiger partial charge in [0, 0.05) is 12.7 Å². The van der Waals surface area contributed by atoms with Crippen LogP contribution in [0.2, 0.25) is 0 Å². The predicted octanol–water partition coefficient (Wildman–Crippen LogP) is 1.44. The van der Waals surface area contributed by atoms with Crippen LogP contribution in [0.3, 0.4) is 0 Å². The van der Waals surface area contributed by atoms with E-state index >= 15 is 0 Å². The molecule has 1 atom stereocenters. The summed E-state index contributed by atoms with van der Waals surface area (Å²) in [5.74, 6) is 0.183. The molecule has 1 aromatic rings. The van der Waals surface area contributed by atoms with Crippen LogP contribution < -0.4 is 10.9 Å². The number of rotatable bonds is 5. The molecule has 0 aliphatic carbocycles. The number of carbonyl (C=O) groups is 1. The molecule has 2 N–H and O–H groups in total. The summed E-state index contributed by atoms with van der Waals surface area (Å²) in [6.45, 7) is 4.95. The van der Waals surface area contributed by atoms with Crippen LogP contribution in [0.15, 0.2) is 41.8 Å². The van der Waals surface area contributed by atoms with E-state index < -0.39 is 10.8 Å². The first-order valence-corrected chi connectivity index (χ1v) is 6.08. The summed E-state index contributed by atoms with van der Waals surface area (Å²) in [6, 6.07) is 7.12. The Kier molecular flexibility index (Phi) is 4.72. The maximum atomic E-state index is 11.8. The summed E-state index contributed by atoms with van der Waals surface area (Å²) in [4.78, 5) is 11.4. The van der Waals surface area contributed by atoms with Crippen molar-refractivity contribution in [1.82, 2.24) is 5.43 Å². The fourth-order valence-corrected chi connectivity index (χ4v) is 2.11. The molecule has 1 amide bonds. The maximum Gasteiger partial charge on any atom is 0.235 e. The van der Waals surface area contributed by atoms with Gasteiger partial charge in [0.2, 0.25) is 5.91 Å².